The summed E-state index contributed by atoms with van der Waals surface area (Å²) in [5, 5.41) is 28.0. The number of imidazole rings is 1. The Morgan fingerprint density at radius 1 is 1.07 bits per heavy atom. The molecule has 4 rings (SSSR count). The van der Waals surface area contributed by atoms with E-state index < -0.39 is 6.10 Å². The fourth-order valence-corrected chi connectivity index (χ4v) is 2.91. The lowest BCUT2D eigenvalue weighted by Gasteiger charge is -2.10. The van der Waals surface area contributed by atoms with Gasteiger partial charge >= 0.3 is 0 Å². The standard InChI is InChI=1S/C20H19N5O3/c1-28-17-8-4-15(5-9-17)25-11-10-21-20(25)18-12-24(23-22-18)13-19(27)14-2-6-16(26)7-3-14/h2-12,19,26-27H,13H2,1H3/t19-/m1/s1. The van der Waals surface area contributed by atoms with Crippen LogP contribution in [0, 0.1) is 0 Å². The minimum atomic E-state index is -0.767. The second-order valence-corrected chi connectivity index (χ2v) is 6.25. The molecule has 4 aromatic rings. The number of phenols is 1. The van der Waals surface area contributed by atoms with Crippen molar-refractivity contribution in [2.45, 2.75) is 12.6 Å². The molecule has 8 nitrogen and oxygen atoms in total. The molecule has 0 aliphatic heterocycles. The maximum absolute atomic E-state index is 10.4. The SMILES string of the molecule is COc1ccc(-n2ccnc2-c2cn(C[C@@H](O)c3ccc(O)cc3)nn2)cc1. The van der Waals surface area contributed by atoms with Crippen molar-refractivity contribution in [1.29, 1.82) is 0 Å². The van der Waals surface area contributed by atoms with Crippen LogP contribution in [0.2, 0.25) is 0 Å². The van der Waals surface area contributed by atoms with Gasteiger partial charge in [-0.2, -0.15) is 0 Å². The molecule has 0 saturated carbocycles. The summed E-state index contributed by atoms with van der Waals surface area (Å²) in [4.78, 5) is 4.39. The van der Waals surface area contributed by atoms with E-state index in [4.69, 9.17) is 4.74 Å². The van der Waals surface area contributed by atoms with Gasteiger partial charge in [0.1, 0.15) is 17.2 Å². The van der Waals surface area contributed by atoms with E-state index in [9.17, 15) is 10.2 Å². The van der Waals surface area contributed by atoms with Gasteiger partial charge in [0.25, 0.3) is 0 Å². The number of aromatic nitrogens is 5. The molecule has 0 amide bonds. The number of methoxy groups -OCH3 is 1. The Hall–Kier alpha value is -3.65. The molecule has 0 unspecified atom stereocenters. The van der Waals surface area contributed by atoms with Crippen molar-refractivity contribution in [2.75, 3.05) is 7.11 Å². The summed E-state index contributed by atoms with van der Waals surface area (Å²) in [5.41, 5.74) is 2.21. The van der Waals surface area contributed by atoms with Crippen LogP contribution in [-0.4, -0.2) is 41.9 Å². The third-order valence-electron chi connectivity index (χ3n) is 4.40. The van der Waals surface area contributed by atoms with Gasteiger partial charge in [-0.1, -0.05) is 17.3 Å². The molecule has 0 radical (unpaired) electrons. The zero-order chi connectivity index (χ0) is 19.5. The first kappa shape index (κ1) is 17.7. The van der Waals surface area contributed by atoms with Crippen LogP contribution in [0.3, 0.4) is 0 Å². The van der Waals surface area contributed by atoms with E-state index in [0.717, 1.165) is 11.4 Å². The average molecular weight is 377 g/mol. The van der Waals surface area contributed by atoms with Crippen LogP contribution in [0.1, 0.15) is 11.7 Å². The molecule has 0 saturated heterocycles. The lowest BCUT2D eigenvalue weighted by molar-refractivity contribution is 0.150. The number of aromatic hydroxyl groups is 1. The summed E-state index contributed by atoms with van der Waals surface area (Å²) in [6.07, 6.45) is 4.52. The number of hydrogen-bond donors (Lipinski definition) is 2. The minimum Gasteiger partial charge on any atom is -0.508 e. The highest BCUT2D eigenvalue weighted by molar-refractivity contribution is 5.53. The first-order valence-electron chi connectivity index (χ1n) is 8.69. The molecule has 0 spiro atoms. The Morgan fingerprint density at radius 2 is 1.82 bits per heavy atom. The van der Waals surface area contributed by atoms with Crippen molar-refractivity contribution in [3.05, 3.63) is 72.7 Å². The molecule has 2 N–H and O–H groups in total. The van der Waals surface area contributed by atoms with Crippen LogP contribution >= 0.6 is 0 Å². The molecule has 1 atom stereocenters. The van der Waals surface area contributed by atoms with Crippen LogP contribution < -0.4 is 4.74 Å². The lowest BCUT2D eigenvalue weighted by Crippen LogP contribution is -2.09. The molecule has 2 heterocycles. The topological polar surface area (TPSA) is 98.2 Å². The number of aliphatic hydroxyl groups excluding tert-OH is 1. The van der Waals surface area contributed by atoms with Crippen LogP contribution in [0.15, 0.2) is 67.1 Å². The predicted molar refractivity (Wildman–Crippen MR) is 102 cm³/mol. The van der Waals surface area contributed by atoms with Gasteiger partial charge in [0.15, 0.2) is 5.82 Å². The van der Waals surface area contributed by atoms with Crippen molar-refractivity contribution in [3.8, 4) is 28.7 Å². The molecule has 0 bridgehead atoms. The predicted octanol–water partition coefficient (Wildman–Crippen LogP) is 2.58. The minimum absolute atomic E-state index is 0.157. The maximum Gasteiger partial charge on any atom is 0.166 e. The summed E-state index contributed by atoms with van der Waals surface area (Å²) >= 11 is 0. The fourth-order valence-electron chi connectivity index (χ4n) is 2.91. The van der Waals surface area contributed by atoms with E-state index in [1.165, 1.54) is 12.1 Å². The number of hydrogen-bond acceptors (Lipinski definition) is 6. The summed E-state index contributed by atoms with van der Waals surface area (Å²) in [6.45, 7) is 0.237. The second kappa shape index (κ2) is 7.53. The molecule has 142 valence electrons. The Balaban J connectivity index is 1.55. The molecular weight excluding hydrogens is 358 g/mol. The number of nitrogens with zero attached hydrogens (tertiary/aromatic N) is 5. The first-order valence-corrected chi connectivity index (χ1v) is 8.69. The van der Waals surface area contributed by atoms with Crippen molar-refractivity contribution in [1.82, 2.24) is 24.5 Å². The zero-order valence-electron chi connectivity index (χ0n) is 15.2. The smallest absolute Gasteiger partial charge is 0.166 e. The highest BCUT2D eigenvalue weighted by Gasteiger charge is 2.14. The monoisotopic (exact) mass is 377 g/mol. The summed E-state index contributed by atoms with van der Waals surface area (Å²) in [6, 6.07) is 14.1. The van der Waals surface area contributed by atoms with Crippen molar-refractivity contribution in [2.24, 2.45) is 0 Å². The quantitative estimate of drug-likeness (QED) is 0.536. The average Bonchev–Trinajstić information content (AvgIpc) is 3.38. The molecule has 0 aliphatic carbocycles. The van der Waals surface area contributed by atoms with Gasteiger partial charge < -0.3 is 14.9 Å². The van der Waals surface area contributed by atoms with Gasteiger partial charge in [-0.05, 0) is 42.0 Å². The van der Waals surface area contributed by atoms with Crippen LogP contribution in [0.4, 0.5) is 0 Å². The number of benzene rings is 2. The molecule has 2 aromatic carbocycles. The Morgan fingerprint density at radius 3 is 2.54 bits per heavy atom. The maximum atomic E-state index is 10.4. The van der Waals surface area contributed by atoms with E-state index in [-0.39, 0.29) is 12.3 Å². The third-order valence-corrected chi connectivity index (χ3v) is 4.40. The molecule has 8 heteroatoms. The summed E-state index contributed by atoms with van der Waals surface area (Å²) in [5.74, 6) is 1.58. The van der Waals surface area contributed by atoms with Crippen LogP contribution in [0.5, 0.6) is 11.5 Å². The van der Waals surface area contributed by atoms with Crippen LogP contribution in [-0.2, 0) is 6.54 Å². The zero-order valence-corrected chi connectivity index (χ0v) is 15.2. The Labute approximate surface area is 161 Å². The van der Waals surface area contributed by atoms with Gasteiger partial charge in [0, 0.05) is 18.1 Å². The summed E-state index contributed by atoms with van der Waals surface area (Å²) in [7, 11) is 1.63. The van der Waals surface area contributed by atoms with Gasteiger partial charge in [-0.15, -0.1) is 5.10 Å². The number of rotatable bonds is 6. The fraction of sp³-hybridized carbons (Fsp3) is 0.150. The molecule has 0 aliphatic rings. The Bertz CT molecular complexity index is 1050. The van der Waals surface area contributed by atoms with E-state index >= 15 is 0 Å². The van der Waals surface area contributed by atoms with E-state index in [2.05, 4.69) is 15.3 Å². The number of phenolic OH excluding ortho intramolecular Hbond substituents is 1. The highest BCUT2D eigenvalue weighted by Crippen LogP contribution is 2.22. The summed E-state index contributed by atoms with van der Waals surface area (Å²) < 4.78 is 8.67. The van der Waals surface area contributed by atoms with E-state index in [1.54, 1.807) is 36.3 Å². The van der Waals surface area contributed by atoms with Crippen molar-refractivity contribution < 1.29 is 14.9 Å². The third kappa shape index (κ3) is 3.58. The van der Waals surface area contributed by atoms with Crippen molar-refractivity contribution in [3.63, 3.8) is 0 Å². The lowest BCUT2D eigenvalue weighted by atomic mass is 10.1. The van der Waals surface area contributed by atoms with Gasteiger partial charge in [-0.25, -0.2) is 9.67 Å². The van der Waals surface area contributed by atoms with Crippen molar-refractivity contribution >= 4 is 0 Å². The number of aliphatic hydroxyl groups is 1. The first-order chi connectivity index (χ1) is 13.6. The second-order valence-electron chi connectivity index (χ2n) is 6.25. The van der Waals surface area contributed by atoms with Gasteiger partial charge in [-0.3, -0.25) is 4.57 Å². The number of ether oxygens (including phenoxy) is 1. The van der Waals surface area contributed by atoms with E-state index in [0.29, 0.717) is 17.1 Å². The molecular formula is C20H19N5O3. The molecule has 0 fully saturated rings. The van der Waals surface area contributed by atoms with Gasteiger partial charge in [0.05, 0.1) is 26.0 Å². The van der Waals surface area contributed by atoms with E-state index in [1.807, 2.05) is 35.0 Å². The largest absolute Gasteiger partial charge is 0.508 e. The van der Waals surface area contributed by atoms with Crippen LogP contribution in [0.25, 0.3) is 17.2 Å². The normalized spacial score (nSPS) is 12.1. The molecule has 28 heavy (non-hydrogen) atoms. The highest BCUT2D eigenvalue weighted by atomic mass is 16.5. The Kier molecular flexibility index (Phi) is 4.77. The molecule has 2 aromatic heterocycles. The van der Waals surface area contributed by atoms with Gasteiger partial charge in [0.2, 0.25) is 0 Å².